The van der Waals surface area contributed by atoms with Crippen molar-refractivity contribution >= 4 is 17.6 Å². The molecule has 0 aromatic heterocycles. The maximum Gasteiger partial charge on any atom is 0.326 e. The second-order valence-electron chi connectivity index (χ2n) is 4.29. The van der Waals surface area contributed by atoms with Gasteiger partial charge in [0, 0.05) is 6.07 Å². The van der Waals surface area contributed by atoms with Crippen molar-refractivity contribution in [3.05, 3.63) is 33.9 Å². The van der Waals surface area contributed by atoms with E-state index < -0.39 is 28.5 Å². The fourth-order valence-electron chi connectivity index (χ4n) is 1.77. The van der Waals surface area contributed by atoms with Crippen LogP contribution in [-0.4, -0.2) is 35.1 Å². The van der Waals surface area contributed by atoms with Gasteiger partial charge in [0.2, 0.25) is 0 Å². The third-order valence-corrected chi connectivity index (χ3v) is 2.83. The van der Waals surface area contributed by atoms with Gasteiger partial charge in [-0.25, -0.2) is 4.79 Å². The van der Waals surface area contributed by atoms with Crippen LogP contribution < -0.4 is 10.1 Å². The fraction of sp³-hybridized carbons (Fsp3) is 0.385. The summed E-state index contributed by atoms with van der Waals surface area (Å²) >= 11 is 0. The zero-order valence-corrected chi connectivity index (χ0v) is 11.7. The van der Waals surface area contributed by atoms with Crippen LogP contribution in [0.3, 0.4) is 0 Å². The van der Waals surface area contributed by atoms with Crippen molar-refractivity contribution in [3.8, 4) is 5.75 Å². The summed E-state index contributed by atoms with van der Waals surface area (Å²) in [6.45, 7) is 1.77. The maximum atomic E-state index is 12.1. The highest BCUT2D eigenvalue weighted by molar-refractivity contribution is 6.00. The van der Waals surface area contributed by atoms with Crippen molar-refractivity contribution in [3.63, 3.8) is 0 Å². The van der Waals surface area contributed by atoms with E-state index in [2.05, 4.69) is 5.32 Å². The number of nitrogens with zero attached hydrogens (tertiary/aromatic N) is 1. The molecule has 114 valence electrons. The number of benzene rings is 1. The minimum absolute atomic E-state index is 0.235. The van der Waals surface area contributed by atoms with Crippen LogP contribution in [0.2, 0.25) is 0 Å². The lowest BCUT2D eigenvalue weighted by Gasteiger charge is -2.14. The predicted molar refractivity (Wildman–Crippen MR) is 73.4 cm³/mol. The van der Waals surface area contributed by atoms with Gasteiger partial charge in [-0.3, -0.25) is 14.9 Å². The number of carbonyl (C=O) groups excluding carboxylic acids is 1. The van der Waals surface area contributed by atoms with Crippen LogP contribution >= 0.6 is 0 Å². The average molecular weight is 296 g/mol. The van der Waals surface area contributed by atoms with E-state index in [1.807, 2.05) is 0 Å². The van der Waals surface area contributed by atoms with Crippen molar-refractivity contribution in [1.82, 2.24) is 5.32 Å². The van der Waals surface area contributed by atoms with Gasteiger partial charge in [0.05, 0.1) is 12.0 Å². The molecule has 1 aromatic carbocycles. The van der Waals surface area contributed by atoms with Crippen molar-refractivity contribution < 1.29 is 24.4 Å². The monoisotopic (exact) mass is 296 g/mol. The number of carbonyl (C=O) groups is 2. The quantitative estimate of drug-likeness (QED) is 0.582. The molecule has 0 fully saturated rings. The third kappa shape index (κ3) is 4.16. The van der Waals surface area contributed by atoms with E-state index in [1.165, 1.54) is 19.2 Å². The van der Waals surface area contributed by atoms with Gasteiger partial charge in [0.1, 0.15) is 17.4 Å². The number of aliphatic carboxylic acids is 1. The largest absolute Gasteiger partial charge is 0.497 e. The van der Waals surface area contributed by atoms with Gasteiger partial charge in [-0.05, 0) is 18.6 Å². The topological polar surface area (TPSA) is 119 Å². The highest BCUT2D eigenvalue weighted by Crippen LogP contribution is 2.24. The Morgan fingerprint density at radius 1 is 1.48 bits per heavy atom. The molecule has 1 atom stereocenters. The summed E-state index contributed by atoms with van der Waals surface area (Å²) in [5.41, 5.74) is -0.643. The number of carboxylic acids is 1. The van der Waals surface area contributed by atoms with E-state index in [0.29, 0.717) is 6.42 Å². The Kier molecular flexibility index (Phi) is 5.65. The molecule has 8 heteroatoms. The lowest BCUT2D eigenvalue weighted by Crippen LogP contribution is -2.40. The summed E-state index contributed by atoms with van der Waals surface area (Å²) in [5.74, 6) is -1.73. The third-order valence-electron chi connectivity index (χ3n) is 2.83. The zero-order valence-electron chi connectivity index (χ0n) is 11.7. The van der Waals surface area contributed by atoms with Gasteiger partial charge in [0.15, 0.2) is 0 Å². The Morgan fingerprint density at radius 2 is 2.14 bits per heavy atom. The number of nitro groups is 1. The van der Waals surface area contributed by atoms with E-state index >= 15 is 0 Å². The van der Waals surface area contributed by atoms with Crippen molar-refractivity contribution in [2.45, 2.75) is 25.8 Å². The SMILES string of the molecule is CCCC(NC(=O)c1cc(OC)ccc1[N+](=O)[O-])C(=O)O. The average Bonchev–Trinajstić information content (AvgIpc) is 2.45. The minimum atomic E-state index is -1.18. The number of hydrogen-bond acceptors (Lipinski definition) is 5. The van der Waals surface area contributed by atoms with Crippen LogP contribution in [0.5, 0.6) is 5.75 Å². The second kappa shape index (κ2) is 7.22. The molecule has 0 aliphatic heterocycles. The number of carboxylic acid groups (broad SMARTS) is 1. The normalized spacial score (nSPS) is 11.5. The molecule has 1 rings (SSSR count). The van der Waals surface area contributed by atoms with E-state index in [-0.39, 0.29) is 17.7 Å². The van der Waals surface area contributed by atoms with Crippen LogP contribution in [0.1, 0.15) is 30.1 Å². The molecule has 0 spiro atoms. The first-order valence-corrected chi connectivity index (χ1v) is 6.26. The molecule has 0 radical (unpaired) electrons. The van der Waals surface area contributed by atoms with Crippen molar-refractivity contribution in [1.29, 1.82) is 0 Å². The van der Waals surface area contributed by atoms with E-state index in [9.17, 15) is 19.7 Å². The molecule has 0 heterocycles. The molecule has 0 aliphatic carbocycles. The Hall–Kier alpha value is -2.64. The Balaban J connectivity index is 3.09. The van der Waals surface area contributed by atoms with Crippen LogP contribution in [0.4, 0.5) is 5.69 Å². The van der Waals surface area contributed by atoms with E-state index in [1.54, 1.807) is 6.92 Å². The summed E-state index contributed by atoms with van der Waals surface area (Å²) in [4.78, 5) is 33.4. The molecular weight excluding hydrogens is 280 g/mol. The number of methoxy groups -OCH3 is 1. The Morgan fingerprint density at radius 3 is 2.62 bits per heavy atom. The predicted octanol–water partition coefficient (Wildman–Crippen LogP) is 1.59. The lowest BCUT2D eigenvalue weighted by atomic mass is 10.1. The first kappa shape index (κ1) is 16.4. The summed E-state index contributed by atoms with van der Waals surface area (Å²) in [6.07, 6.45) is 0.788. The maximum absolute atomic E-state index is 12.1. The minimum Gasteiger partial charge on any atom is -0.497 e. The smallest absolute Gasteiger partial charge is 0.326 e. The molecule has 8 nitrogen and oxygen atoms in total. The highest BCUT2D eigenvalue weighted by atomic mass is 16.6. The molecule has 0 saturated heterocycles. The summed E-state index contributed by atoms with van der Waals surface area (Å²) < 4.78 is 4.92. The lowest BCUT2D eigenvalue weighted by molar-refractivity contribution is -0.385. The Labute approximate surface area is 120 Å². The zero-order chi connectivity index (χ0) is 16.0. The first-order chi connectivity index (χ1) is 9.90. The molecule has 21 heavy (non-hydrogen) atoms. The molecule has 0 saturated carbocycles. The fourth-order valence-corrected chi connectivity index (χ4v) is 1.77. The van der Waals surface area contributed by atoms with Gasteiger partial charge in [-0.15, -0.1) is 0 Å². The molecule has 0 aliphatic rings. The molecule has 1 aromatic rings. The van der Waals surface area contributed by atoms with Gasteiger partial charge in [0.25, 0.3) is 11.6 Å². The van der Waals surface area contributed by atoms with Gasteiger partial charge in [-0.2, -0.15) is 0 Å². The Bertz CT molecular complexity index is 558. The standard InChI is InChI=1S/C13H16N2O6/c1-3-4-10(13(17)18)14-12(16)9-7-8(21-2)5-6-11(9)15(19)20/h5-7,10H,3-4H2,1-2H3,(H,14,16)(H,17,18). The second-order valence-corrected chi connectivity index (χ2v) is 4.29. The number of nitro benzene ring substituents is 1. The van der Waals surface area contributed by atoms with E-state index in [0.717, 1.165) is 6.07 Å². The number of nitrogens with one attached hydrogen (secondary N) is 1. The van der Waals surface area contributed by atoms with Crippen LogP contribution in [0, 0.1) is 10.1 Å². The van der Waals surface area contributed by atoms with Gasteiger partial charge >= 0.3 is 5.97 Å². The molecular formula is C13H16N2O6. The van der Waals surface area contributed by atoms with Crippen LogP contribution in [-0.2, 0) is 4.79 Å². The number of amides is 1. The molecule has 2 N–H and O–H groups in total. The number of ether oxygens (including phenoxy) is 1. The van der Waals surface area contributed by atoms with E-state index in [4.69, 9.17) is 9.84 Å². The van der Waals surface area contributed by atoms with Crippen molar-refractivity contribution in [2.24, 2.45) is 0 Å². The van der Waals surface area contributed by atoms with Gasteiger partial charge < -0.3 is 15.2 Å². The highest BCUT2D eigenvalue weighted by Gasteiger charge is 2.25. The number of rotatable bonds is 7. The van der Waals surface area contributed by atoms with Crippen molar-refractivity contribution in [2.75, 3.05) is 7.11 Å². The molecule has 1 amide bonds. The summed E-state index contributed by atoms with van der Waals surface area (Å²) in [6, 6.07) is 2.62. The number of hydrogen-bond donors (Lipinski definition) is 2. The molecule has 0 bridgehead atoms. The first-order valence-electron chi connectivity index (χ1n) is 6.26. The summed E-state index contributed by atoms with van der Waals surface area (Å²) in [5, 5.41) is 22.2. The summed E-state index contributed by atoms with van der Waals surface area (Å²) in [7, 11) is 1.36. The van der Waals surface area contributed by atoms with Crippen LogP contribution in [0.15, 0.2) is 18.2 Å². The van der Waals surface area contributed by atoms with Gasteiger partial charge in [-0.1, -0.05) is 13.3 Å². The van der Waals surface area contributed by atoms with Crippen LogP contribution in [0.25, 0.3) is 0 Å². The molecule has 1 unspecified atom stereocenters.